The molecule has 0 saturated heterocycles. The number of H-pyrrole nitrogens is 1. The zero-order valence-corrected chi connectivity index (χ0v) is 14.5. The van der Waals surface area contributed by atoms with E-state index in [0.29, 0.717) is 6.42 Å². The van der Waals surface area contributed by atoms with E-state index in [1.807, 2.05) is 6.92 Å². The van der Waals surface area contributed by atoms with Crippen molar-refractivity contribution in [3.8, 4) is 0 Å². The molecule has 0 spiro atoms. The number of aromatic nitrogens is 1. The van der Waals surface area contributed by atoms with Crippen molar-refractivity contribution in [2.75, 3.05) is 6.54 Å². The van der Waals surface area contributed by atoms with E-state index in [1.165, 1.54) is 24.3 Å². The third-order valence-electron chi connectivity index (χ3n) is 3.87. The fourth-order valence-electron chi connectivity index (χ4n) is 2.73. The molecule has 2 N–H and O–H groups in total. The summed E-state index contributed by atoms with van der Waals surface area (Å²) in [7, 11) is -3.68. The number of fused-ring (bicyclic) bond motifs is 1. The van der Waals surface area contributed by atoms with Gasteiger partial charge in [-0.05, 0) is 49.2 Å². The smallest absolute Gasteiger partial charge is 0.242 e. The van der Waals surface area contributed by atoms with Crippen LogP contribution in [0.2, 0.25) is 5.02 Å². The van der Waals surface area contributed by atoms with Gasteiger partial charge in [0, 0.05) is 23.1 Å². The summed E-state index contributed by atoms with van der Waals surface area (Å²) in [6, 6.07) is 10.8. The normalized spacial score (nSPS) is 12.0. The molecule has 24 heavy (non-hydrogen) atoms. The number of sulfonamides is 1. The lowest BCUT2D eigenvalue weighted by atomic mass is 10.1. The Hall–Kier alpha value is -1.89. The van der Waals surface area contributed by atoms with Crippen molar-refractivity contribution in [3.05, 3.63) is 64.6 Å². The molecule has 0 saturated carbocycles. The Bertz CT molecular complexity index is 999. The molecule has 0 bridgehead atoms. The van der Waals surface area contributed by atoms with Crippen molar-refractivity contribution >= 4 is 32.5 Å². The van der Waals surface area contributed by atoms with Gasteiger partial charge in [-0.1, -0.05) is 23.7 Å². The molecular weight excluding hydrogens is 351 g/mol. The second kappa shape index (κ2) is 6.55. The van der Waals surface area contributed by atoms with Crippen LogP contribution in [0.3, 0.4) is 0 Å². The lowest BCUT2D eigenvalue weighted by Crippen LogP contribution is -2.26. The van der Waals surface area contributed by atoms with Crippen molar-refractivity contribution in [3.63, 3.8) is 0 Å². The molecule has 4 nitrogen and oxygen atoms in total. The first kappa shape index (κ1) is 17.0. The monoisotopic (exact) mass is 366 g/mol. The van der Waals surface area contributed by atoms with Crippen molar-refractivity contribution < 1.29 is 12.8 Å². The van der Waals surface area contributed by atoms with Crippen LogP contribution in [0, 0.1) is 12.7 Å². The van der Waals surface area contributed by atoms with E-state index in [-0.39, 0.29) is 22.3 Å². The summed E-state index contributed by atoms with van der Waals surface area (Å²) >= 11 is 5.94. The first-order valence-electron chi connectivity index (χ1n) is 7.39. The predicted octanol–water partition coefficient (Wildman–Crippen LogP) is 3.79. The molecule has 126 valence electrons. The molecule has 0 radical (unpaired) electrons. The van der Waals surface area contributed by atoms with E-state index in [0.717, 1.165) is 22.2 Å². The number of aryl methyl sites for hydroxylation is 1. The Morgan fingerprint density at radius 1 is 1.21 bits per heavy atom. The summed E-state index contributed by atoms with van der Waals surface area (Å²) in [6.07, 6.45) is 0.443. The third-order valence-corrected chi connectivity index (χ3v) is 5.84. The quantitative estimate of drug-likeness (QED) is 0.721. The number of halogens is 2. The van der Waals surface area contributed by atoms with Gasteiger partial charge in [0.25, 0.3) is 0 Å². The van der Waals surface area contributed by atoms with Gasteiger partial charge in [-0.3, -0.25) is 0 Å². The van der Waals surface area contributed by atoms with Gasteiger partial charge in [0.15, 0.2) is 0 Å². The summed E-state index contributed by atoms with van der Waals surface area (Å²) in [5, 5.41) is 0.944. The van der Waals surface area contributed by atoms with Crippen LogP contribution in [0.25, 0.3) is 10.9 Å². The Morgan fingerprint density at radius 3 is 2.71 bits per heavy atom. The Kier molecular flexibility index (Phi) is 4.62. The highest BCUT2D eigenvalue weighted by Gasteiger charge is 2.17. The van der Waals surface area contributed by atoms with Crippen LogP contribution >= 0.6 is 11.6 Å². The van der Waals surface area contributed by atoms with Crippen LogP contribution in [0.1, 0.15) is 11.3 Å². The maximum atomic E-state index is 13.5. The average Bonchev–Trinajstić information content (AvgIpc) is 2.83. The molecule has 2 aromatic carbocycles. The Labute approximate surface area is 144 Å². The largest absolute Gasteiger partial charge is 0.358 e. The number of rotatable bonds is 5. The average molecular weight is 367 g/mol. The number of hydrogen-bond acceptors (Lipinski definition) is 2. The molecular formula is C17H16ClFN2O2S. The van der Waals surface area contributed by atoms with E-state index in [4.69, 9.17) is 11.6 Å². The standard InChI is InChI=1S/C17H16ClFN2O2S/c1-11-13(14-10-12(19)6-7-16(14)21-11)8-9-20-24(22,23)17-5-3-2-4-15(17)18/h2-7,10,20-21H,8-9H2,1H3. The molecule has 1 aromatic heterocycles. The molecule has 0 aliphatic heterocycles. The molecule has 0 aliphatic carbocycles. The van der Waals surface area contributed by atoms with Crippen molar-refractivity contribution in [1.29, 1.82) is 0 Å². The predicted molar refractivity (Wildman–Crippen MR) is 93.3 cm³/mol. The van der Waals surface area contributed by atoms with Crippen LogP contribution in [-0.4, -0.2) is 19.9 Å². The van der Waals surface area contributed by atoms with Crippen LogP contribution in [0.5, 0.6) is 0 Å². The Balaban J connectivity index is 1.79. The van der Waals surface area contributed by atoms with E-state index in [1.54, 1.807) is 18.2 Å². The van der Waals surface area contributed by atoms with E-state index in [9.17, 15) is 12.8 Å². The summed E-state index contributed by atoms with van der Waals surface area (Å²) in [6.45, 7) is 2.08. The first-order chi connectivity index (χ1) is 11.4. The summed E-state index contributed by atoms with van der Waals surface area (Å²) < 4.78 is 40.6. The SMILES string of the molecule is Cc1[nH]c2ccc(F)cc2c1CCNS(=O)(=O)c1ccccc1Cl. The molecule has 1 heterocycles. The van der Waals surface area contributed by atoms with Crippen molar-refractivity contribution in [2.24, 2.45) is 0 Å². The minimum Gasteiger partial charge on any atom is -0.358 e. The first-order valence-corrected chi connectivity index (χ1v) is 9.25. The topological polar surface area (TPSA) is 62.0 Å². The molecule has 3 rings (SSSR count). The molecule has 0 atom stereocenters. The zero-order valence-electron chi connectivity index (χ0n) is 12.9. The highest BCUT2D eigenvalue weighted by atomic mass is 35.5. The minimum absolute atomic E-state index is 0.0494. The molecule has 0 unspecified atom stereocenters. The van der Waals surface area contributed by atoms with E-state index in [2.05, 4.69) is 9.71 Å². The van der Waals surface area contributed by atoms with Gasteiger partial charge in [0.2, 0.25) is 10.0 Å². The van der Waals surface area contributed by atoms with Crippen LogP contribution in [0.15, 0.2) is 47.4 Å². The maximum absolute atomic E-state index is 13.5. The molecule has 0 amide bonds. The maximum Gasteiger partial charge on any atom is 0.242 e. The second-order valence-electron chi connectivity index (χ2n) is 5.50. The summed E-state index contributed by atoms with van der Waals surface area (Å²) in [5.41, 5.74) is 2.62. The van der Waals surface area contributed by atoms with Gasteiger partial charge in [-0.2, -0.15) is 0 Å². The minimum atomic E-state index is -3.68. The van der Waals surface area contributed by atoms with Crippen LogP contribution < -0.4 is 4.72 Å². The molecule has 0 aliphatic rings. The Morgan fingerprint density at radius 2 is 1.96 bits per heavy atom. The fourth-order valence-corrected chi connectivity index (χ4v) is 4.28. The number of aromatic amines is 1. The van der Waals surface area contributed by atoms with Crippen LogP contribution in [-0.2, 0) is 16.4 Å². The van der Waals surface area contributed by atoms with Crippen molar-refractivity contribution in [2.45, 2.75) is 18.2 Å². The summed E-state index contributed by atoms with van der Waals surface area (Å²) in [4.78, 5) is 3.23. The number of hydrogen-bond donors (Lipinski definition) is 2. The zero-order chi connectivity index (χ0) is 17.3. The molecule has 0 fully saturated rings. The van der Waals surface area contributed by atoms with Gasteiger partial charge >= 0.3 is 0 Å². The van der Waals surface area contributed by atoms with Crippen molar-refractivity contribution in [1.82, 2.24) is 9.71 Å². The number of nitrogens with one attached hydrogen (secondary N) is 2. The lowest BCUT2D eigenvalue weighted by molar-refractivity contribution is 0.581. The van der Waals surface area contributed by atoms with Crippen LogP contribution in [0.4, 0.5) is 4.39 Å². The lowest BCUT2D eigenvalue weighted by Gasteiger charge is -2.08. The molecule has 7 heteroatoms. The summed E-state index contributed by atoms with van der Waals surface area (Å²) in [5.74, 6) is -0.320. The van der Waals surface area contributed by atoms with Gasteiger partial charge in [-0.15, -0.1) is 0 Å². The second-order valence-corrected chi connectivity index (χ2v) is 7.64. The van der Waals surface area contributed by atoms with E-state index >= 15 is 0 Å². The highest BCUT2D eigenvalue weighted by molar-refractivity contribution is 7.89. The van der Waals surface area contributed by atoms with Gasteiger partial charge in [-0.25, -0.2) is 17.5 Å². The van der Waals surface area contributed by atoms with Gasteiger partial charge in [0.05, 0.1) is 5.02 Å². The molecule has 3 aromatic rings. The highest BCUT2D eigenvalue weighted by Crippen LogP contribution is 2.24. The van der Waals surface area contributed by atoms with E-state index < -0.39 is 10.0 Å². The fraction of sp³-hybridized carbons (Fsp3) is 0.176. The third kappa shape index (κ3) is 3.31. The number of benzene rings is 2. The van der Waals surface area contributed by atoms with Gasteiger partial charge < -0.3 is 4.98 Å². The van der Waals surface area contributed by atoms with Gasteiger partial charge in [0.1, 0.15) is 10.7 Å².